The van der Waals surface area contributed by atoms with Gasteiger partial charge >= 0.3 is 0 Å². The maximum Gasteiger partial charge on any atom is 0.229 e. The molecule has 1 N–H and O–H groups in total. The fraction of sp³-hybridized carbons (Fsp3) is 0.417. The van der Waals surface area contributed by atoms with Crippen LogP contribution in [0.15, 0.2) is 16.2 Å². The fourth-order valence-corrected chi connectivity index (χ4v) is 2.81. The minimum atomic E-state index is -0.374. The summed E-state index contributed by atoms with van der Waals surface area (Å²) in [5, 5.41) is 12.5. The van der Waals surface area contributed by atoms with Gasteiger partial charge in [0, 0.05) is 24.5 Å². The number of hydrogen-bond acceptors (Lipinski definition) is 7. The monoisotopic (exact) mass is 307 g/mol. The van der Waals surface area contributed by atoms with Crippen molar-refractivity contribution in [2.75, 3.05) is 11.4 Å². The van der Waals surface area contributed by atoms with Crippen molar-refractivity contribution in [3.05, 3.63) is 23.0 Å². The molecule has 2 amide bonds. The Morgan fingerprint density at radius 1 is 1.57 bits per heavy atom. The Bertz CT molecular complexity index is 654. The Morgan fingerprint density at radius 2 is 2.43 bits per heavy atom. The van der Waals surface area contributed by atoms with Crippen LogP contribution in [-0.2, 0) is 16.1 Å². The second-order valence-electron chi connectivity index (χ2n) is 4.73. The molecule has 0 spiro atoms. The molecule has 1 saturated heterocycles. The first-order chi connectivity index (χ1) is 10.1. The van der Waals surface area contributed by atoms with Crippen molar-refractivity contribution in [3.63, 3.8) is 0 Å². The molecule has 0 aromatic carbocycles. The highest BCUT2D eigenvalue weighted by Gasteiger charge is 2.36. The number of thiazole rings is 1. The highest BCUT2D eigenvalue weighted by molar-refractivity contribution is 7.13. The van der Waals surface area contributed by atoms with Crippen LogP contribution in [0.1, 0.15) is 17.8 Å². The van der Waals surface area contributed by atoms with Gasteiger partial charge in [-0.15, -0.1) is 11.3 Å². The van der Waals surface area contributed by atoms with Crippen LogP contribution in [0.25, 0.3) is 0 Å². The standard InChI is InChI=1S/C12H13N5O3S/c1-7-9(16-20-15-7)5-14-11(19)8-4-10(18)17(6-8)12-13-2-3-21-12/h2-3,8H,4-6H2,1H3,(H,14,19). The Kier molecular flexibility index (Phi) is 3.65. The van der Waals surface area contributed by atoms with Crippen LogP contribution in [0.5, 0.6) is 0 Å². The van der Waals surface area contributed by atoms with E-state index in [4.69, 9.17) is 0 Å². The molecule has 1 fully saturated rings. The summed E-state index contributed by atoms with van der Waals surface area (Å²) in [6.07, 6.45) is 1.84. The van der Waals surface area contributed by atoms with Crippen LogP contribution < -0.4 is 10.2 Å². The van der Waals surface area contributed by atoms with E-state index in [2.05, 4.69) is 25.2 Å². The molecule has 2 aromatic heterocycles. The van der Waals surface area contributed by atoms with E-state index >= 15 is 0 Å². The van der Waals surface area contributed by atoms with E-state index < -0.39 is 0 Å². The van der Waals surface area contributed by atoms with Gasteiger partial charge in [0.25, 0.3) is 0 Å². The van der Waals surface area contributed by atoms with Crippen LogP contribution >= 0.6 is 11.3 Å². The van der Waals surface area contributed by atoms with Gasteiger partial charge in [0.1, 0.15) is 11.4 Å². The van der Waals surface area contributed by atoms with E-state index in [9.17, 15) is 9.59 Å². The maximum atomic E-state index is 12.1. The number of anilines is 1. The third-order valence-electron chi connectivity index (χ3n) is 3.32. The minimum Gasteiger partial charge on any atom is -0.350 e. The van der Waals surface area contributed by atoms with E-state index in [1.165, 1.54) is 11.3 Å². The molecule has 1 aliphatic heterocycles. The van der Waals surface area contributed by atoms with Crippen LogP contribution in [0.4, 0.5) is 5.13 Å². The average molecular weight is 307 g/mol. The van der Waals surface area contributed by atoms with Crippen molar-refractivity contribution in [1.82, 2.24) is 20.6 Å². The van der Waals surface area contributed by atoms with E-state index in [0.717, 1.165) is 0 Å². The summed E-state index contributed by atoms with van der Waals surface area (Å²) in [5.74, 6) is -0.629. The molecule has 0 aliphatic carbocycles. The summed E-state index contributed by atoms with van der Waals surface area (Å²) in [5.41, 5.74) is 1.23. The van der Waals surface area contributed by atoms with Gasteiger partial charge in [0.05, 0.1) is 12.5 Å². The predicted molar refractivity (Wildman–Crippen MR) is 73.5 cm³/mol. The molecule has 1 unspecified atom stereocenters. The summed E-state index contributed by atoms with van der Waals surface area (Å²) in [7, 11) is 0. The van der Waals surface area contributed by atoms with Gasteiger partial charge in [-0.25, -0.2) is 9.61 Å². The third kappa shape index (κ3) is 2.77. The van der Waals surface area contributed by atoms with Gasteiger partial charge in [-0.3, -0.25) is 14.5 Å². The molecule has 3 rings (SSSR count). The van der Waals surface area contributed by atoms with Crippen molar-refractivity contribution in [3.8, 4) is 0 Å². The largest absolute Gasteiger partial charge is 0.350 e. The molecular weight excluding hydrogens is 294 g/mol. The fourth-order valence-electron chi connectivity index (χ4n) is 2.14. The first-order valence-corrected chi connectivity index (χ1v) is 7.28. The molecule has 3 heterocycles. The number of carbonyl (C=O) groups excluding carboxylic acids is 2. The Morgan fingerprint density at radius 3 is 3.10 bits per heavy atom. The average Bonchev–Trinajstić information content (AvgIpc) is 3.17. The zero-order valence-corrected chi connectivity index (χ0v) is 12.1. The van der Waals surface area contributed by atoms with E-state index in [1.807, 2.05) is 0 Å². The van der Waals surface area contributed by atoms with E-state index in [0.29, 0.717) is 23.1 Å². The van der Waals surface area contributed by atoms with Gasteiger partial charge < -0.3 is 5.32 Å². The Balaban J connectivity index is 1.59. The lowest BCUT2D eigenvalue weighted by atomic mass is 10.1. The highest BCUT2D eigenvalue weighted by atomic mass is 32.1. The highest BCUT2D eigenvalue weighted by Crippen LogP contribution is 2.26. The number of aryl methyl sites for hydroxylation is 1. The van der Waals surface area contributed by atoms with Crippen molar-refractivity contribution < 1.29 is 14.2 Å². The van der Waals surface area contributed by atoms with Crippen LogP contribution in [0, 0.1) is 12.8 Å². The Labute approximate surface area is 124 Å². The van der Waals surface area contributed by atoms with Crippen molar-refractivity contribution in [2.24, 2.45) is 5.92 Å². The number of nitrogens with zero attached hydrogens (tertiary/aromatic N) is 4. The van der Waals surface area contributed by atoms with Gasteiger partial charge in [0.2, 0.25) is 11.8 Å². The zero-order valence-electron chi connectivity index (χ0n) is 11.3. The first kappa shape index (κ1) is 13.7. The lowest BCUT2D eigenvalue weighted by Gasteiger charge is -2.12. The minimum absolute atomic E-state index is 0.0793. The molecule has 21 heavy (non-hydrogen) atoms. The molecule has 1 aliphatic rings. The quantitative estimate of drug-likeness (QED) is 0.883. The number of nitrogens with one attached hydrogen (secondary N) is 1. The Hall–Kier alpha value is -2.29. The number of carbonyl (C=O) groups is 2. The van der Waals surface area contributed by atoms with Gasteiger partial charge in [0.15, 0.2) is 5.13 Å². The molecule has 0 radical (unpaired) electrons. The van der Waals surface area contributed by atoms with Crippen molar-refractivity contribution >= 4 is 28.3 Å². The summed E-state index contributed by atoms with van der Waals surface area (Å²) in [4.78, 5) is 29.7. The third-order valence-corrected chi connectivity index (χ3v) is 4.12. The smallest absolute Gasteiger partial charge is 0.229 e. The molecule has 8 nitrogen and oxygen atoms in total. The van der Waals surface area contributed by atoms with Crippen molar-refractivity contribution in [1.29, 1.82) is 0 Å². The summed E-state index contributed by atoms with van der Waals surface area (Å²) < 4.78 is 4.57. The van der Waals surface area contributed by atoms with Gasteiger partial charge in [-0.05, 0) is 6.92 Å². The molecule has 2 aromatic rings. The van der Waals surface area contributed by atoms with E-state index in [-0.39, 0.29) is 30.7 Å². The van der Waals surface area contributed by atoms with E-state index in [1.54, 1.807) is 23.4 Å². The summed E-state index contributed by atoms with van der Waals surface area (Å²) in [6, 6.07) is 0. The van der Waals surface area contributed by atoms with Crippen molar-refractivity contribution in [2.45, 2.75) is 19.9 Å². The summed E-state index contributed by atoms with van der Waals surface area (Å²) >= 11 is 1.38. The number of amides is 2. The van der Waals surface area contributed by atoms with Crippen LogP contribution in [-0.4, -0.2) is 33.7 Å². The number of hydrogen-bond donors (Lipinski definition) is 1. The summed E-state index contributed by atoms with van der Waals surface area (Å²) in [6.45, 7) is 2.35. The first-order valence-electron chi connectivity index (χ1n) is 6.40. The SMILES string of the molecule is Cc1nonc1CNC(=O)C1CC(=O)N(c2nccs2)C1. The number of rotatable bonds is 4. The molecule has 0 saturated carbocycles. The van der Waals surface area contributed by atoms with Crippen LogP contribution in [0.2, 0.25) is 0 Å². The molecule has 9 heteroatoms. The molecular formula is C12H13N5O3S. The van der Waals surface area contributed by atoms with Crippen LogP contribution in [0.3, 0.4) is 0 Å². The second kappa shape index (κ2) is 5.60. The van der Waals surface area contributed by atoms with Gasteiger partial charge in [-0.1, -0.05) is 10.3 Å². The van der Waals surface area contributed by atoms with Gasteiger partial charge in [-0.2, -0.15) is 0 Å². The number of aromatic nitrogens is 3. The molecule has 110 valence electrons. The predicted octanol–water partition coefficient (Wildman–Crippen LogP) is 0.504. The molecule has 0 bridgehead atoms. The lowest BCUT2D eigenvalue weighted by molar-refractivity contribution is -0.126. The normalized spacial score (nSPS) is 18.2. The lowest BCUT2D eigenvalue weighted by Crippen LogP contribution is -2.32. The maximum absolute atomic E-state index is 12.1. The molecule has 1 atom stereocenters. The second-order valence-corrected chi connectivity index (χ2v) is 5.61. The topological polar surface area (TPSA) is 101 Å². The zero-order chi connectivity index (χ0) is 14.8.